The van der Waals surface area contributed by atoms with Crippen LogP contribution < -0.4 is 4.87 Å². The summed E-state index contributed by atoms with van der Waals surface area (Å²) < 4.78 is 7.53. The summed E-state index contributed by atoms with van der Waals surface area (Å²) in [5.74, 6) is -0.0472. The van der Waals surface area contributed by atoms with Crippen LogP contribution in [0.15, 0.2) is 23.0 Å². The predicted octanol–water partition coefficient (Wildman–Crippen LogP) is 2.83. The highest BCUT2D eigenvalue weighted by atomic mass is 32.1. The van der Waals surface area contributed by atoms with Crippen molar-refractivity contribution in [2.45, 2.75) is 26.0 Å². The fourth-order valence-corrected chi connectivity index (χ4v) is 3.02. The summed E-state index contributed by atoms with van der Waals surface area (Å²) >= 11 is 1.19. The van der Waals surface area contributed by atoms with Gasteiger partial charge < -0.3 is 15.6 Å². The zero-order valence-corrected chi connectivity index (χ0v) is 12.3. The number of hydrogen-bond acceptors (Lipinski definition) is 5. The molecule has 0 fully saturated rings. The molecular formula is C14H17N3O2S. The second-order valence-corrected chi connectivity index (χ2v) is 5.59. The van der Waals surface area contributed by atoms with E-state index in [1.165, 1.54) is 17.6 Å². The molecule has 5 nitrogen and oxygen atoms in total. The van der Waals surface area contributed by atoms with Gasteiger partial charge in [-0.2, -0.15) is 0 Å². The molecule has 0 saturated heterocycles. The van der Waals surface area contributed by atoms with Gasteiger partial charge in [0.15, 0.2) is 0 Å². The van der Waals surface area contributed by atoms with Crippen molar-refractivity contribution < 1.29 is 4.74 Å². The minimum Gasteiger partial charge on any atom is -0.364 e. The number of rotatable bonds is 6. The highest BCUT2D eigenvalue weighted by molar-refractivity contribution is 7.16. The quantitative estimate of drug-likeness (QED) is 0.803. The van der Waals surface area contributed by atoms with Gasteiger partial charge in [-0.05, 0) is 17.7 Å². The van der Waals surface area contributed by atoms with Crippen LogP contribution in [-0.4, -0.2) is 23.6 Å². The molecule has 0 aliphatic heterocycles. The normalized spacial score (nSPS) is 12.5. The molecule has 0 aliphatic carbocycles. The largest absolute Gasteiger partial charge is 0.364 e. The first kappa shape index (κ1) is 14.6. The molecular weight excluding hydrogens is 274 g/mol. The van der Waals surface area contributed by atoms with Crippen LogP contribution in [0.4, 0.5) is 0 Å². The van der Waals surface area contributed by atoms with Crippen LogP contribution in [0.1, 0.15) is 24.8 Å². The number of ether oxygens (including phenoxy) is 1. The zero-order chi connectivity index (χ0) is 14.7. The molecule has 2 N–H and O–H groups in total. The van der Waals surface area contributed by atoms with Crippen molar-refractivity contribution in [2.75, 3.05) is 7.11 Å². The number of fused-ring (bicyclic) bond motifs is 1. The van der Waals surface area contributed by atoms with Gasteiger partial charge in [-0.3, -0.25) is 9.36 Å². The first-order valence-corrected chi connectivity index (χ1v) is 7.08. The van der Waals surface area contributed by atoms with Gasteiger partial charge in [-0.15, -0.1) is 0 Å². The minimum atomic E-state index is -0.0472. The molecule has 1 aromatic heterocycles. The van der Waals surface area contributed by atoms with Gasteiger partial charge in [0.1, 0.15) is 6.73 Å². The zero-order valence-electron chi connectivity index (χ0n) is 11.5. The molecule has 0 saturated carbocycles. The van der Waals surface area contributed by atoms with E-state index in [4.69, 9.17) is 15.6 Å². The molecule has 106 valence electrons. The van der Waals surface area contributed by atoms with E-state index in [1.54, 1.807) is 11.7 Å². The van der Waals surface area contributed by atoms with Crippen molar-refractivity contribution in [3.05, 3.63) is 33.4 Å². The number of nitrogens with one attached hydrogen (secondary N) is 2. The Morgan fingerprint density at radius 1 is 1.55 bits per heavy atom. The lowest BCUT2D eigenvalue weighted by atomic mass is 9.94. The molecule has 0 aliphatic rings. The van der Waals surface area contributed by atoms with Crippen molar-refractivity contribution in [3.63, 3.8) is 0 Å². The van der Waals surface area contributed by atoms with Gasteiger partial charge in [0, 0.05) is 31.4 Å². The van der Waals surface area contributed by atoms with Crippen molar-refractivity contribution >= 4 is 33.5 Å². The summed E-state index contributed by atoms with van der Waals surface area (Å²) in [5, 5.41) is 15.0. The Labute approximate surface area is 120 Å². The topological polar surface area (TPSA) is 78.9 Å². The lowest BCUT2D eigenvalue weighted by molar-refractivity contribution is 0.133. The molecule has 1 atom stereocenters. The summed E-state index contributed by atoms with van der Waals surface area (Å²) in [6.45, 7) is 2.19. The fraction of sp³-hybridized carbons (Fsp3) is 0.357. The van der Waals surface area contributed by atoms with E-state index in [-0.39, 0.29) is 17.5 Å². The van der Waals surface area contributed by atoms with E-state index in [0.717, 1.165) is 15.8 Å². The second kappa shape index (κ2) is 6.11. The van der Waals surface area contributed by atoms with Gasteiger partial charge >= 0.3 is 4.87 Å². The van der Waals surface area contributed by atoms with Crippen LogP contribution in [0.3, 0.4) is 0 Å². The first-order chi connectivity index (χ1) is 9.58. The molecule has 0 spiro atoms. The van der Waals surface area contributed by atoms with Crippen molar-refractivity contribution in [2.24, 2.45) is 0 Å². The molecule has 0 radical (unpaired) electrons. The summed E-state index contributed by atoms with van der Waals surface area (Å²) in [5.41, 5.74) is 2.36. The number of benzene rings is 1. The number of methoxy groups -OCH3 is 1. The SMILES string of the molecule is COCn1c(=O)sc2cc(C(C)C(=N)CC=N)ccc21. The Morgan fingerprint density at radius 3 is 2.95 bits per heavy atom. The van der Waals surface area contributed by atoms with Gasteiger partial charge in [0.2, 0.25) is 0 Å². The minimum absolute atomic E-state index is 0.0405. The van der Waals surface area contributed by atoms with E-state index < -0.39 is 0 Å². The van der Waals surface area contributed by atoms with E-state index in [9.17, 15) is 4.79 Å². The molecule has 2 aromatic rings. The van der Waals surface area contributed by atoms with Crippen LogP contribution in [0.5, 0.6) is 0 Å². The fourth-order valence-electron chi connectivity index (χ4n) is 2.09. The average molecular weight is 291 g/mol. The Hall–Kier alpha value is -1.79. The van der Waals surface area contributed by atoms with Gasteiger partial charge in [-0.25, -0.2) is 0 Å². The molecule has 1 unspecified atom stereocenters. The maximum atomic E-state index is 11.9. The summed E-state index contributed by atoms with van der Waals surface area (Å²) in [6, 6.07) is 5.79. The predicted molar refractivity (Wildman–Crippen MR) is 82.6 cm³/mol. The van der Waals surface area contributed by atoms with E-state index in [0.29, 0.717) is 12.1 Å². The molecule has 0 amide bonds. The molecule has 20 heavy (non-hydrogen) atoms. The Balaban J connectivity index is 2.42. The summed E-state index contributed by atoms with van der Waals surface area (Å²) in [6.07, 6.45) is 1.60. The Bertz CT molecular complexity index is 702. The number of thiazole rings is 1. The second-order valence-electron chi connectivity index (χ2n) is 4.60. The van der Waals surface area contributed by atoms with Crippen molar-refractivity contribution in [1.29, 1.82) is 10.8 Å². The van der Waals surface area contributed by atoms with Crippen LogP contribution in [-0.2, 0) is 11.5 Å². The Kier molecular flexibility index (Phi) is 4.46. The number of aromatic nitrogens is 1. The number of nitrogens with zero attached hydrogens (tertiary/aromatic N) is 1. The first-order valence-electron chi connectivity index (χ1n) is 6.27. The van der Waals surface area contributed by atoms with Crippen molar-refractivity contribution in [3.8, 4) is 0 Å². The van der Waals surface area contributed by atoms with Gasteiger partial charge in [0.05, 0.1) is 10.2 Å². The lowest BCUT2D eigenvalue weighted by Crippen LogP contribution is -2.13. The molecule has 6 heteroatoms. The van der Waals surface area contributed by atoms with E-state index in [1.807, 2.05) is 25.1 Å². The Morgan fingerprint density at radius 2 is 2.30 bits per heavy atom. The molecule has 0 bridgehead atoms. The third-order valence-electron chi connectivity index (χ3n) is 3.30. The average Bonchev–Trinajstić information content (AvgIpc) is 2.74. The molecule has 1 aromatic carbocycles. The van der Waals surface area contributed by atoms with Crippen LogP contribution >= 0.6 is 11.3 Å². The van der Waals surface area contributed by atoms with Crippen molar-refractivity contribution in [1.82, 2.24) is 4.57 Å². The van der Waals surface area contributed by atoms with E-state index >= 15 is 0 Å². The molecule has 1 heterocycles. The maximum absolute atomic E-state index is 11.9. The third-order valence-corrected chi connectivity index (χ3v) is 4.24. The summed E-state index contributed by atoms with van der Waals surface area (Å²) in [7, 11) is 1.56. The highest BCUT2D eigenvalue weighted by Crippen LogP contribution is 2.25. The standard InChI is InChI=1S/C14H17N3O2S/c1-9(11(16)5-6-15)10-3-4-12-13(7-10)20-14(18)17(12)8-19-2/h3-4,6-7,9,15-16H,5,8H2,1-2H3. The van der Waals surface area contributed by atoms with Gasteiger partial charge in [-0.1, -0.05) is 24.3 Å². The maximum Gasteiger partial charge on any atom is 0.310 e. The smallest absolute Gasteiger partial charge is 0.310 e. The van der Waals surface area contributed by atoms with Gasteiger partial charge in [0.25, 0.3) is 0 Å². The van der Waals surface area contributed by atoms with E-state index in [2.05, 4.69) is 0 Å². The third kappa shape index (κ3) is 2.71. The molecule has 2 rings (SSSR count). The highest BCUT2D eigenvalue weighted by Gasteiger charge is 2.13. The van der Waals surface area contributed by atoms with Crippen LogP contribution in [0.25, 0.3) is 10.2 Å². The summed E-state index contributed by atoms with van der Waals surface area (Å²) in [4.78, 5) is 11.8. The van der Waals surface area contributed by atoms with Crippen LogP contribution in [0.2, 0.25) is 0 Å². The monoisotopic (exact) mass is 291 g/mol. The lowest BCUT2D eigenvalue weighted by Gasteiger charge is -2.12. The van der Waals surface area contributed by atoms with Crippen LogP contribution in [0, 0.1) is 10.8 Å². The number of hydrogen-bond donors (Lipinski definition) is 2.